The van der Waals surface area contributed by atoms with Crippen LogP contribution in [0.25, 0.3) is 0 Å². The Morgan fingerprint density at radius 1 is 1.33 bits per heavy atom. The van der Waals surface area contributed by atoms with E-state index >= 15 is 0 Å². The SMILES string of the molecule is C[C@]1(C(=O)OCC(=O)Nc2ccccc2SCC(N)=O)CC1(Cl)Cl. The Morgan fingerprint density at radius 2 is 1.96 bits per heavy atom. The lowest BCUT2D eigenvalue weighted by Crippen LogP contribution is -2.27. The Kier molecular flexibility index (Phi) is 5.67. The van der Waals surface area contributed by atoms with Gasteiger partial charge in [-0.1, -0.05) is 12.1 Å². The van der Waals surface area contributed by atoms with Crippen LogP contribution in [-0.2, 0) is 19.1 Å². The van der Waals surface area contributed by atoms with Crippen LogP contribution in [0.3, 0.4) is 0 Å². The molecule has 0 bridgehead atoms. The standard InChI is InChI=1S/C15H16Cl2N2O4S/c1-14(8-15(14,16)17)13(22)23-6-12(21)19-9-4-2-3-5-10(9)24-7-11(18)20/h2-5H,6-8H2,1H3,(H2,18,20)(H,19,21)/t14-/m1/s1. The van der Waals surface area contributed by atoms with E-state index in [-0.39, 0.29) is 12.2 Å². The summed E-state index contributed by atoms with van der Waals surface area (Å²) in [4.78, 5) is 35.4. The molecule has 0 aliphatic heterocycles. The first-order valence-electron chi connectivity index (χ1n) is 7.01. The number of alkyl halides is 2. The van der Waals surface area contributed by atoms with E-state index in [1.54, 1.807) is 31.2 Å². The molecular weight excluding hydrogens is 375 g/mol. The van der Waals surface area contributed by atoms with Gasteiger partial charge in [0.2, 0.25) is 5.91 Å². The van der Waals surface area contributed by atoms with E-state index in [1.165, 1.54) is 11.8 Å². The number of hydrogen-bond acceptors (Lipinski definition) is 5. The molecule has 1 atom stereocenters. The van der Waals surface area contributed by atoms with Gasteiger partial charge in [0.05, 0.1) is 11.4 Å². The summed E-state index contributed by atoms with van der Waals surface area (Å²) in [6.45, 7) is 1.14. The number of rotatable bonds is 7. The molecule has 1 saturated carbocycles. The summed E-state index contributed by atoms with van der Waals surface area (Å²) in [6, 6.07) is 6.92. The van der Waals surface area contributed by atoms with Crippen LogP contribution in [0.15, 0.2) is 29.2 Å². The van der Waals surface area contributed by atoms with E-state index in [0.717, 1.165) is 0 Å². The molecule has 0 aromatic heterocycles. The van der Waals surface area contributed by atoms with Crippen molar-refractivity contribution in [1.82, 2.24) is 0 Å². The highest BCUT2D eigenvalue weighted by molar-refractivity contribution is 8.00. The van der Waals surface area contributed by atoms with Crippen molar-refractivity contribution < 1.29 is 19.1 Å². The lowest BCUT2D eigenvalue weighted by molar-refractivity contribution is -0.152. The van der Waals surface area contributed by atoms with Crippen LogP contribution < -0.4 is 11.1 Å². The van der Waals surface area contributed by atoms with Crippen LogP contribution in [-0.4, -0.2) is 34.5 Å². The fourth-order valence-corrected chi connectivity index (χ4v) is 3.38. The average molecular weight is 391 g/mol. The largest absolute Gasteiger partial charge is 0.455 e. The molecule has 2 rings (SSSR count). The Labute approximate surface area is 153 Å². The summed E-state index contributed by atoms with van der Waals surface area (Å²) in [6.07, 6.45) is 0.288. The van der Waals surface area contributed by atoms with E-state index in [0.29, 0.717) is 10.6 Å². The number of hydrogen-bond donors (Lipinski definition) is 2. The minimum Gasteiger partial charge on any atom is -0.455 e. The molecule has 1 aliphatic rings. The lowest BCUT2D eigenvalue weighted by Gasteiger charge is -2.13. The average Bonchev–Trinajstić information content (AvgIpc) is 3.03. The summed E-state index contributed by atoms with van der Waals surface area (Å²) >= 11 is 13.0. The van der Waals surface area contributed by atoms with Crippen LogP contribution >= 0.6 is 35.0 Å². The van der Waals surface area contributed by atoms with Crippen molar-refractivity contribution >= 4 is 58.4 Å². The van der Waals surface area contributed by atoms with E-state index < -0.39 is 34.1 Å². The highest BCUT2D eigenvalue weighted by Crippen LogP contribution is 2.64. The van der Waals surface area contributed by atoms with Crippen molar-refractivity contribution in [2.75, 3.05) is 17.7 Å². The summed E-state index contributed by atoms with van der Waals surface area (Å²) in [5.41, 5.74) is 4.64. The first-order valence-corrected chi connectivity index (χ1v) is 8.75. The number of nitrogens with one attached hydrogen (secondary N) is 1. The normalized spacial score (nSPS) is 21.0. The number of halogens is 2. The van der Waals surface area contributed by atoms with Gasteiger partial charge in [-0.15, -0.1) is 35.0 Å². The number of benzene rings is 1. The van der Waals surface area contributed by atoms with Gasteiger partial charge >= 0.3 is 5.97 Å². The van der Waals surface area contributed by atoms with E-state index in [1.807, 2.05) is 0 Å². The van der Waals surface area contributed by atoms with Crippen molar-refractivity contribution in [2.24, 2.45) is 11.1 Å². The maximum absolute atomic E-state index is 12.0. The molecule has 0 radical (unpaired) electrons. The van der Waals surface area contributed by atoms with Gasteiger partial charge in [0.1, 0.15) is 9.75 Å². The summed E-state index contributed by atoms with van der Waals surface area (Å²) < 4.78 is 3.84. The third-order valence-corrected chi connectivity index (χ3v) is 5.77. The first kappa shape index (κ1) is 18.9. The summed E-state index contributed by atoms with van der Waals surface area (Å²) in [7, 11) is 0. The maximum Gasteiger partial charge on any atom is 0.315 e. The minimum atomic E-state index is -1.14. The zero-order valence-corrected chi connectivity index (χ0v) is 15.1. The molecule has 0 unspecified atom stereocenters. The molecule has 1 fully saturated rings. The molecular formula is C15H16Cl2N2O4S. The molecule has 0 spiro atoms. The lowest BCUT2D eigenvalue weighted by atomic mass is 10.1. The highest BCUT2D eigenvalue weighted by atomic mass is 35.5. The van der Waals surface area contributed by atoms with Gasteiger partial charge in [0, 0.05) is 11.3 Å². The minimum absolute atomic E-state index is 0.0910. The predicted octanol–water partition coefficient (Wildman–Crippen LogP) is 2.33. The number of amides is 2. The van der Waals surface area contributed by atoms with Crippen LogP contribution in [0.4, 0.5) is 5.69 Å². The van der Waals surface area contributed by atoms with Crippen LogP contribution in [0.2, 0.25) is 0 Å². The molecule has 2 amide bonds. The van der Waals surface area contributed by atoms with Crippen molar-refractivity contribution in [3.05, 3.63) is 24.3 Å². The maximum atomic E-state index is 12.0. The van der Waals surface area contributed by atoms with Crippen LogP contribution in [0.5, 0.6) is 0 Å². The van der Waals surface area contributed by atoms with Gasteiger partial charge in [-0.2, -0.15) is 0 Å². The Morgan fingerprint density at radius 3 is 2.54 bits per heavy atom. The zero-order valence-electron chi connectivity index (χ0n) is 12.8. The smallest absolute Gasteiger partial charge is 0.315 e. The van der Waals surface area contributed by atoms with E-state index in [9.17, 15) is 14.4 Å². The molecule has 1 aromatic carbocycles. The third-order valence-electron chi connectivity index (χ3n) is 3.57. The Bertz CT molecular complexity index is 683. The number of carbonyl (C=O) groups is 3. The quantitative estimate of drug-likeness (QED) is 0.422. The van der Waals surface area contributed by atoms with Crippen molar-refractivity contribution in [2.45, 2.75) is 22.6 Å². The van der Waals surface area contributed by atoms with Gasteiger partial charge in [-0.05, 0) is 19.1 Å². The van der Waals surface area contributed by atoms with Gasteiger partial charge in [-0.25, -0.2) is 0 Å². The highest BCUT2D eigenvalue weighted by Gasteiger charge is 2.69. The number of para-hydroxylation sites is 1. The molecule has 1 aromatic rings. The van der Waals surface area contributed by atoms with Crippen LogP contribution in [0.1, 0.15) is 13.3 Å². The number of nitrogens with two attached hydrogens (primary N) is 1. The van der Waals surface area contributed by atoms with E-state index in [2.05, 4.69) is 5.32 Å². The molecule has 6 nitrogen and oxygen atoms in total. The van der Waals surface area contributed by atoms with Crippen molar-refractivity contribution in [3.8, 4) is 0 Å². The number of carbonyl (C=O) groups excluding carboxylic acids is 3. The summed E-state index contributed by atoms with van der Waals surface area (Å²) in [5, 5.41) is 2.63. The van der Waals surface area contributed by atoms with Crippen molar-refractivity contribution in [3.63, 3.8) is 0 Å². The first-order chi connectivity index (χ1) is 11.2. The molecule has 24 heavy (non-hydrogen) atoms. The fraction of sp³-hybridized carbons (Fsp3) is 0.400. The molecule has 9 heteroatoms. The number of anilines is 1. The summed E-state index contributed by atoms with van der Waals surface area (Å²) in [5.74, 6) is -1.49. The van der Waals surface area contributed by atoms with Gasteiger partial charge in [0.25, 0.3) is 5.91 Å². The second-order valence-electron chi connectivity index (χ2n) is 5.59. The molecule has 1 aliphatic carbocycles. The number of thioether (sulfide) groups is 1. The van der Waals surface area contributed by atoms with E-state index in [4.69, 9.17) is 33.7 Å². The Balaban J connectivity index is 1.89. The number of ether oxygens (including phenoxy) is 1. The zero-order chi connectivity index (χ0) is 18.0. The molecule has 3 N–H and O–H groups in total. The second kappa shape index (κ2) is 7.21. The Hall–Kier alpha value is -1.44. The number of esters is 1. The van der Waals surface area contributed by atoms with Crippen molar-refractivity contribution in [1.29, 1.82) is 0 Å². The fourth-order valence-electron chi connectivity index (χ4n) is 1.94. The topological polar surface area (TPSA) is 98.5 Å². The second-order valence-corrected chi connectivity index (χ2v) is 8.09. The van der Waals surface area contributed by atoms with Crippen LogP contribution in [0, 0.1) is 5.41 Å². The molecule has 130 valence electrons. The predicted molar refractivity (Wildman–Crippen MR) is 93.1 cm³/mol. The van der Waals surface area contributed by atoms with Gasteiger partial charge in [-0.3, -0.25) is 14.4 Å². The monoisotopic (exact) mass is 390 g/mol. The molecule has 0 saturated heterocycles. The van der Waals surface area contributed by atoms with Gasteiger partial charge in [0.15, 0.2) is 6.61 Å². The number of primary amides is 1. The third kappa shape index (κ3) is 4.34. The van der Waals surface area contributed by atoms with Gasteiger partial charge < -0.3 is 15.8 Å². The molecule has 0 heterocycles.